The molecule has 3 nitrogen and oxygen atoms in total. The predicted octanol–water partition coefficient (Wildman–Crippen LogP) is 3.44. The highest BCUT2D eigenvalue weighted by Gasteiger charge is 2.34. The van der Waals surface area contributed by atoms with E-state index >= 15 is 0 Å². The molecular formula is C16H21NO2. The first kappa shape index (κ1) is 12.5. The highest BCUT2D eigenvalue weighted by Crippen LogP contribution is 2.42. The van der Waals surface area contributed by atoms with Gasteiger partial charge in [-0.05, 0) is 43.4 Å². The van der Waals surface area contributed by atoms with Crippen molar-refractivity contribution in [2.24, 2.45) is 5.41 Å². The van der Waals surface area contributed by atoms with Gasteiger partial charge in [0.15, 0.2) is 0 Å². The van der Waals surface area contributed by atoms with Gasteiger partial charge in [0.05, 0.1) is 18.9 Å². The number of aromatic nitrogens is 1. The van der Waals surface area contributed by atoms with E-state index in [9.17, 15) is 5.11 Å². The number of fused-ring (bicyclic) bond motifs is 1. The monoisotopic (exact) mass is 259 g/mol. The van der Waals surface area contributed by atoms with Gasteiger partial charge in [-0.15, -0.1) is 0 Å². The lowest BCUT2D eigenvalue weighted by Crippen LogP contribution is -2.27. The predicted molar refractivity (Wildman–Crippen MR) is 74.0 cm³/mol. The molecule has 0 saturated heterocycles. The van der Waals surface area contributed by atoms with Crippen molar-refractivity contribution in [3.05, 3.63) is 47.2 Å². The molecular weight excluding hydrogens is 238 g/mol. The van der Waals surface area contributed by atoms with Gasteiger partial charge < -0.3 is 14.1 Å². The van der Waals surface area contributed by atoms with E-state index in [0.29, 0.717) is 0 Å². The number of rotatable bonds is 2. The van der Waals surface area contributed by atoms with Gasteiger partial charge in [0.1, 0.15) is 5.76 Å². The van der Waals surface area contributed by atoms with Crippen LogP contribution in [0.15, 0.2) is 28.9 Å². The molecule has 1 N–H and O–H groups in total. The maximum atomic E-state index is 10.3. The van der Waals surface area contributed by atoms with Gasteiger partial charge in [0.2, 0.25) is 0 Å². The quantitative estimate of drug-likeness (QED) is 0.897. The van der Waals surface area contributed by atoms with Crippen LogP contribution in [0, 0.1) is 12.3 Å². The van der Waals surface area contributed by atoms with Crippen molar-refractivity contribution in [1.82, 2.24) is 4.57 Å². The number of hydrogen-bond donors (Lipinski definition) is 1. The normalized spacial score (nSPS) is 21.4. The summed E-state index contributed by atoms with van der Waals surface area (Å²) >= 11 is 0. The molecule has 0 bridgehead atoms. The zero-order valence-electron chi connectivity index (χ0n) is 11.8. The number of hydrogen-bond acceptors (Lipinski definition) is 2. The second-order valence-corrected chi connectivity index (χ2v) is 6.41. The third-order valence-electron chi connectivity index (χ3n) is 4.09. The summed E-state index contributed by atoms with van der Waals surface area (Å²) < 4.78 is 7.72. The Kier molecular flexibility index (Phi) is 2.82. The van der Waals surface area contributed by atoms with Crippen molar-refractivity contribution in [2.75, 3.05) is 0 Å². The van der Waals surface area contributed by atoms with Crippen molar-refractivity contribution >= 4 is 0 Å². The van der Waals surface area contributed by atoms with E-state index in [2.05, 4.69) is 31.4 Å². The molecule has 102 valence electrons. The van der Waals surface area contributed by atoms with Crippen molar-refractivity contribution in [1.29, 1.82) is 0 Å². The van der Waals surface area contributed by atoms with E-state index in [-0.39, 0.29) is 11.5 Å². The number of aliphatic hydroxyl groups is 1. The summed E-state index contributed by atoms with van der Waals surface area (Å²) in [5.74, 6) is 0.958. The summed E-state index contributed by atoms with van der Waals surface area (Å²) in [4.78, 5) is 0. The molecule has 0 aromatic carbocycles. The summed E-state index contributed by atoms with van der Waals surface area (Å²) in [6.07, 6.45) is 3.22. The van der Waals surface area contributed by atoms with Crippen LogP contribution in [-0.2, 0) is 13.0 Å². The molecule has 0 spiro atoms. The van der Waals surface area contributed by atoms with Gasteiger partial charge in [-0.25, -0.2) is 0 Å². The van der Waals surface area contributed by atoms with Crippen LogP contribution in [0.2, 0.25) is 0 Å². The van der Waals surface area contributed by atoms with E-state index in [1.165, 1.54) is 11.4 Å². The fourth-order valence-corrected chi connectivity index (χ4v) is 3.18. The molecule has 1 unspecified atom stereocenters. The summed E-state index contributed by atoms with van der Waals surface area (Å²) in [5, 5.41) is 10.3. The zero-order chi connectivity index (χ0) is 13.6. The van der Waals surface area contributed by atoms with Crippen molar-refractivity contribution in [3.8, 4) is 0 Å². The minimum absolute atomic E-state index is 0.151. The maximum absolute atomic E-state index is 10.3. The van der Waals surface area contributed by atoms with Crippen LogP contribution in [-0.4, -0.2) is 9.67 Å². The van der Waals surface area contributed by atoms with E-state index in [1.807, 2.05) is 12.1 Å². The lowest BCUT2D eigenvalue weighted by atomic mass is 9.75. The van der Waals surface area contributed by atoms with Crippen molar-refractivity contribution in [3.63, 3.8) is 0 Å². The summed E-state index contributed by atoms with van der Waals surface area (Å²) in [5.41, 5.74) is 3.71. The molecule has 0 fully saturated rings. The third kappa shape index (κ3) is 2.23. The summed E-state index contributed by atoms with van der Waals surface area (Å²) in [7, 11) is 0. The molecule has 1 aliphatic rings. The van der Waals surface area contributed by atoms with Gasteiger partial charge in [-0.1, -0.05) is 13.8 Å². The Hall–Kier alpha value is -1.48. The largest absolute Gasteiger partial charge is 0.467 e. The van der Waals surface area contributed by atoms with E-state index in [0.717, 1.165) is 30.7 Å². The van der Waals surface area contributed by atoms with Gasteiger partial charge in [0, 0.05) is 17.0 Å². The lowest BCUT2D eigenvalue weighted by molar-refractivity contribution is 0.0980. The summed E-state index contributed by atoms with van der Waals surface area (Å²) in [6, 6.07) is 6.04. The van der Waals surface area contributed by atoms with Crippen LogP contribution in [0.4, 0.5) is 0 Å². The van der Waals surface area contributed by atoms with Gasteiger partial charge in [-0.3, -0.25) is 0 Å². The second kappa shape index (κ2) is 4.27. The molecule has 3 heteroatoms. The first-order valence-corrected chi connectivity index (χ1v) is 6.86. The molecule has 3 rings (SSSR count). The average molecular weight is 259 g/mol. The third-order valence-corrected chi connectivity index (χ3v) is 4.09. The first-order chi connectivity index (χ1) is 8.96. The average Bonchev–Trinajstić information content (AvgIpc) is 2.90. The zero-order valence-corrected chi connectivity index (χ0v) is 11.8. The molecule has 0 saturated carbocycles. The minimum atomic E-state index is -0.338. The molecule has 0 aliphatic heterocycles. The first-order valence-electron chi connectivity index (χ1n) is 6.86. The maximum Gasteiger partial charge on any atom is 0.123 e. The van der Waals surface area contributed by atoms with Crippen molar-refractivity contribution < 1.29 is 9.52 Å². The molecule has 2 heterocycles. The van der Waals surface area contributed by atoms with Crippen LogP contribution >= 0.6 is 0 Å². The highest BCUT2D eigenvalue weighted by atomic mass is 16.3. The van der Waals surface area contributed by atoms with Crippen molar-refractivity contribution in [2.45, 2.75) is 46.3 Å². The number of aliphatic hydroxyl groups excluding tert-OH is 1. The van der Waals surface area contributed by atoms with Gasteiger partial charge in [0.25, 0.3) is 0 Å². The van der Waals surface area contributed by atoms with Gasteiger partial charge >= 0.3 is 0 Å². The summed E-state index contributed by atoms with van der Waals surface area (Å²) in [6.45, 7) is 7.29. The Morgan fingerprint density at radius 3 is 2.95 bits per heavy atom. The topological polar surface area (TPSA) is 38.3 Å². The molecule has 19 heavy (non-hydrogen) atoms. The van der Waals surface area contributed by atoms with Gasteiger partial charge in [-0.2, -0.15) is 0 Å². The smallest absolute Gasteiger partial charge is 0.123 e. The van der Waals surface area contributed by atoms with E-state index in [4.69, 9.17) is 4.42 Å². The SMILES string of the molecule is Cc1cc2c(n1Cc1ccco1)CC(C)(C)CC2O. The van der Waals surface area contributed by atoms with Crippen LogP contribution < -0.4 is 0 Å². The lowest BCUT2D eigenvalue weighted by Gasteiger charge is -2.33. The Balaban J connectivity index is 2.02. The molecule has 1 aliphatic carbocycles. The Labute approximate surface area is 113 Å². The van der Waals surface area contributed by atoms with Crippen LogP contribution in [0.1, 0.15) is 49.1 Å². The molecule has 0 radical (unpaired) electrons. The fourth-order valence-electron chi connectivity index (χ4n) is 3.18. The minimum Gasteiger partial charge on any atom is -0.467 e. The molecule has 1 atom stereocenters. The molecule has 2 aromatic rings. The Bertz CT molecular complexity index is 578. The van der Waals surface area contributed by atoms with E-state index < -0.39 is 0 Å². The Morgan fingerprint density at radius 2 is 2.26 bits per heavy atom. The van der Waals surface area contributed by atoms with E-state index in [1.54, 1.807) is 6.26 Å². The number of aryl methyl sites for hydroxylation is 1. The van der Waals surface area contributed by atoms with Crippen LogP contribution in [0.5, 0.6) is 0 Å². The molecule has 0 amide bonds. The fraction of sp³-hybridized carbons (Fsp3) is 0.500. The number of nitrogens with zero attached hydrogens (tertiary/aromatic N) is 1. The second-order valence-electron chi connectivity index (χ2n) is 6.41. The molecule has 2 aromatic heterocycles. The highest BCUT2D eigenvalue weighted by molar-refractivity contribution is 5.33. The Morgan fingerprint density at radius 1 is 1.47 bits per heavy atom. The number of furan rings is 1. The van der Waals surface area contributed by atoms with Crippen LogP contribution in [0.25, 0.3) is 0 Å². The van der Waals surface area contributed by atoms with Crippen LogP contribution in [0.3, 0.4) is 0 Å². The standard InChI is InChI=1S/C16H21NO2/c1-11-7-13-14(8-16(2,3)9-15(13)18)17(11)10-12-5-4-6-19-12/h4-7,15,18H,8-10H2,1-3H3.